The van der Waals surface area contributed by atoms with Gasteiger partial charge in [0.1, 0.15) is 29.7 Å². The van der Waals surface area contributed by atoms with Crippen LogP contribution in [0.5, 0.6) is 11.5 Å². The van der Waals surface area contributed by atoms with Crippen molar-refractivity contribution in [3.05, 3.63) is 66.5 Å². The largest absolute Gasteiger partial charge is 0.497 e. The maximum atomic E-state index is 14.1. The quantitative estimate of drug-likeness (QED) is 0.496. The summed E-state index contributed by atoms with van der Waals surface area (Å²) < 4.78 is 26.5. The summed E-state index contributed by atoms with van der Waals surface area (Å²) in [5.74, 6) is 2.06. The Labute approximate surface area is 160 Å². The van der Waals surface area contributed by atoms with Gasteiger partial charge in [-0.25, -0.2) is 4.39 Å². The van der Waals surface area contributed by atoms with Gasteiger partial charge < -0.3 is 14.8 Å². The second-order valence-electron chi connectivity index (χ2n) is 5.95. The van der Waals surface area contributed by atoms with Crippen molar-refractivity contribution in [3.8, 4) is 22.9 Å². The van der Waals surface area contributed by atoms with E-state index in [4.69, 9.17) is 9.47 Å². The van der Waals surface area contributed by atoms with Crippen LogP contribution in [0.25, 0.3) is 17.0 Å². The van der Waals surface area contributed by atoms with Gasteiger partial charge in [0.15, 0.2) is 11.5 Å². The number of aromatic nitrogens is 4. The average molecular weight is 379 g/mol. The number of benzene rings is 2. The molecular weight excluding hydrogens is 361 g/mol. The van der Waals surface area contributed by atoms with Gasteiger partial charge in [0.25, 0.3) is 0 Å². The molecule has 2 aromatic carbocycles. The first-order valence-electron chi connectivity index (χ1n) is 8.73. The van der Waals surface area contributed by atoms with Gasteiger partial charge in [0, 0.05) is 6.07 Å². The van der Waals surface area contributed by atoms with Gasteiger partial charge in [-0.05, 0) is 36.4 Å². The lowest BCUT2D eigenvalue weighted by atomic mass is 10.2. The minimum absolute atomic E-state index is 0.348. The van der Waals surface area contributed by atoms with E-state index in [1.165, 1.54) is 10.6 Å². The number of fused-ring (bicyclic) bond motifs is 1. The van der Waals surface area contributed by atoms with Gasteiger partial charge in [0.05, 0.1) is 19.2 Å². The van der Waals surface area contributed by atoms with Crippen molar-refractivity contribution >= 4 is 11.5 Å². The van der Waals surface area contributed by atoms with Gasteiger partial charge in [-0.2, -0.15) is 4.52 Å². The van der Waals surface area contributed by atoms with Crippen LogP contribution in [0.4, 0.5) is 10.2 Å². The molecule has 4 aromatic rings. The van der Waals surface area contributed by atoms with Gasteiger partial charge in [-0.15, -0.1) is 15.3 Å². The molecule has 0 spiro atoms. The summed E-state index contributed by atoms with van der Waals surface area (Å²) in [5.41, 5.74) is 0.887. The van der Waals surface area contributed by atoms with E-state index in [2.05, 4.69) is 20.6 Å². The number of methoxy groups -OCH3 is 1. The summed E-state index contributed by atoms with van der Waals surface area (Å²) in [4.78, 5) is 0. The number of rotatable bonds is 7. The van der Waals surface area contributed by atoms with Crippen LogP contribution in [-0.2, 0) is 0 Å². The molecule has 0 amide bonds. The highest BCUT2D eigenvalue weighted by molar-refractivity contribution is 5.60. The molecule has 142 valence electrons. The summed E-state index contributed by atoms with van der Waals surface area (Å²) in [5, 5.41) is 15.8. The Balaban J connectivity index is 1.44. The Morgan fingerprint density at radius 3 is 2.71 bits per heavy atom. The highest BCUT2D eigenvalue weighted by Crippen LogP contribution is 2.21. The topological polar surface area (TPSA) is 73.6 Å². The van der Waals surface area contributed by atoms with Crippen molar-refractivity contribution in [1.29, 1.82) is 0 Å². The second kappa shape index (κ2) is 7.91. The zero-order chi connectivity index (χ0) is 19.3. The maximum Gasteiger partial charge on any atom is 0.188 e. The fourth-order valence-electron chi connectivity index (χ4n) is 2.73. The average Bonchev–Trinajstić information content (AvgIpc) is 3.15. The number of hydrogen-bond acceptors (Lipinski definition) is 6. The van der Waals surface area contributed by atoms with Crippen LogP contribution in [0, 0.1) is 5.82 Å². The molecule has 0 aliphatic heterocycles. The summed E-state index contributed by atoms with van der Waals surface area (Å²) >= 11 is 0. The molecule has 0 radical (unpaired) electrons. The molecule has 7 nitrogen and oxygen atoms in total. The van der Waals surface area contributed by atoms with Gasteiger partial charge >= 0.3 is 0 Å². The van der Waals surface area contributed by atoms with E-state index in [1.54, 1.807) is 37.4 Å². The molecular formula is C20H18FN5O2. The van der Waals surface area contributed by atoms with Crippen molar-refractivity contribution in [2.24, 2.45) is 0 Å². The second-order valence-corrected chi connectivity index (χ2v) is 5.95. The van der Waals surface area contributed by atoms with Gasteiger partial charge in [0.2, 0.25) is 0 Å². The number of hydrogen-bond donors (Lipinski definition) is 1. The molecule has 0 bridgehead atoms. The standard InChI is InChI=1S/C20H18FN5O2/c1-27-14-5-4-6-15(13-14)28-12-11-22-18-9-10-19-23-24-20(26(19)25-18)16-7-2-3-8-17(16)21/h2-10,13H,11-12H2,1H3,(H,22,25). The third-order valence-electron chi connectivity index (χ3n) is 4.10. The first kappa shape index (κ1) is 17.7. The molecule has 8 heteroatoms. The van der Waals surface area contributed by atoms with Crippen molar-refractivity contribution in [1.82, 2.24) is 19.8 Å². The minimum atomic E-state index is -0.372. The third kappa shape index (κ3) is 3.71. The van der Waals surface area contributed by atoms with Crippen LogP contribution in [0.1, 0.15) is 0 Å². The van der Waals surface area contributed by atoms with E-state index in [1.807, 2.05) is 24.3 Å². The lowest BCUT2D eigenvalue weighted by Crippen LogP contribution is -2.13. The van der Waals surface area contributed by atoms with Crippen molar-refractivity contribution < 1.29 is 13.9 Å². The van der Waals surface area contributed by atoms with Crippen LogP contribution in [0.3, 0.4) is 0 Å². The van der Waals surface area contributed by atoms with Crippen LogP contribution in [0.15, 0.2) is 60.7 Å². The minimum Gasteiger partial charge on any atom is -0.497 e. The molecule has 2 aromatic heterocycles. The molecule has 0 aliphatic carbocycles. The summed E-state index contributed by atoms with van der Waals surface area (Å²) in [7, 11) is 1.61. The summed E-state index contributed by atoms with van der Waals surface area (Å²) in [6.07, 6.45) is 0. The lowest BCUT2D eigenvalue weighted by molar-refractivity contribution is 0.329. The zero-order valence-corrected chi connectivity index (χ0v) is 15.2. The van der Waals surface area contributed by atoms with Crippen LogP contribution >= 0.6 is 0 Å². The Bertz CT molecular complexity index is 1100. The predicted octanol–water partition coefficient (Wildman–Crippen LogP) is 3.43. The molecule has 4 rings (SSSR count). The zero-order valence-electron chi connectivity index (χ0n) is 15.2. The van der Waals surface area contributed by atoms with Crippen molar-refractivity contribution in [2.75, 3.05) is 25.6 Å². The Morgan fingerprint density at radius 1 is 1.00 bits per heavy atom. The first-order chi connectivity index (χ1) is 13.7. The molecule has 28 heavy (non-hydrogen) atoms. The number of nitrogens with zero attached hydrogens (tertiary/aromatic N) is 4. The summed E-state index contributed by atoms with van der Waals surface area (Å²) in [6.45, 7) is 0.974. The van der Waals surface area contributed by atoms with Crippen molar-refractivity contribution in [2.45, 2.75) is 0 Å². The molecule has 2 heterocycles. The Hall–Kier alpha value is -3.68. The molecule has 1 N–H and O–H groups in total. The summed E-state index contributed by atoms with van der Waals surface area (Å²) in [6, 6.07) is 17.4. The number of anilines is 1. The van der Waals surface area contributed by atoms with Gasteiger partial charge in [-0.1, -0.05) is 18.2 Å². The molecule has 0 saturated carbocycles. The van der Waals surface area contributed by atoms with E-state index in [0.29, 0.717) is 36.0 Å². The van der Waals surface area contributed by atoms with Crippen LogP contribution < -0.4 is 14.8 Å². The van der Waals surface area contributed by atoms with Crippen molar-refractivity contribution in [3.63, 3.8) is 0 Å². The lowest BCUT2D eigenvalue weighted by Gasteiger charge is -2.09. The SMILES string of the molecule is COc1cccc(OCCNc2ccc3nnc(-c4ccccc4F)n3n2)c1. The first-order valence-corrected chi connectivity index (χ1v) is 8.73. The molecule has 0 unspecified atom stereocenters. The Morgan fingerprint density at radius 2 is 1.86 bits per heavy atom. The van der Waals surface area contributed by atoms with E-state index in [0.717, 1.165) is 11.5 Å². The smallest absolute Gasteiger partial charge is 0.188 e. The highest BCUT2D eigenvalue weighted by Gasteiger charge is 2.13. The molecule has 0 aliphatic rings. The fourth-order valence-corrected chi connectivity index (χ4v) is 2.73. The third-order valence-corrected chi connectivity index (χ3v) is 4.10. The predicted molar refractivity (Wildman–Crippen MR) is 103 cm³/mol. The van der Waals surface area contributed by atoms with Crippen LogP contribution in [0.2, 0.25) is 0 Å². The normalized spacial score (nSPS) is 10.8. The van der Waals surface area contributed by atoms with Crippen LogP contribution in [-0.4, -0.2) is 40.1 Å². The van der Waals surface area contributed by atoms with Gasteiger partial charge in [-0.3, -0.25) is 0 Å². The van der Waals surface area contributed by atoms with E-state index < -0.39 is 0 Å². The maximum absolute atomic E-state index is 14.1. The van der Waals surface area contributed by atoms with E-state index in [9.17, 15) is 4.39 Å². The number of halogens is 1. The monoisotopic (exact) mass is 379 g/mol. The fraction of sp³-hybridized carbons (Fsp3) is 0.150. The van der Waals surface area contributed by atoms with E-state index >= 15 is 0 Å². The molecule has 0 atom stereocenters. The molecule has 0 saturated heterocycles. The highest BCUT2D eigenvalue weighted by atomic mass is 19.1. The Kier molecular flexibility index (Phi) is 5.01. The molecule has 0 fully saturated rings. The number of ether oxygens (including phenoxy) is 2. The van der Waals surface area contributed by atoms with E-state index in [-0.39, 0.29) is 5.82 Å². The number of nitrogens with one attached hydrogen (secondary N) is 1.